The number of fused-ring (bicyclic) bond motifs is 1. The lowest BCUT2D eigenvalue weighted by Gasteiger charge is -2.20. The molecule has 170 valence electrons. The molecule has 0 saturated carbocycles. The fourth-order valence-corrected chi connectivity index (χ4v) is 4.04. The SMILES string of the molecule is COc1cc2cncc(C(NS(C)(=O)=O)C(=O)c3cccc(OC(C)C)c3)c2cc1OC. The van der Waals surface area contributed by atoms with Crippen LogP contribution in [0.15, 0.2) is 48.8 Å². The van der Waals surface area contributed by atoms with E-state index in [1.54, 1.807) is 42.6 Å². The lowest BCUT2D eigenvalue weighted by Crippen LogP contribution is -2.33. The van der Waals surface area contributed by atoms with Crippen molar-refractivity contribution in [2.75, 3.05) is 20.5 Å². The van der Waals surface area contributed by atoms with Crippen LogP contribution in [0.3, 0.4) is 0 Å². The third kappa shape index (κ3) is 5.35. The van der Waals surface area contributed by atoms with Crippen LogP contribution in [-0.2, 0) is 10.0 Å². The zero-order valence-electron chi connectivity index (χ0n) is 18.6. The Balaban J connectivity index is 2.16. The van der Waals surface area contributed by atoms with Crippen LogP contribution in [0.4, 0.5) is 0 Å². The maximum absolute atomic E-state index is 13.5. The van der Waals surface area contributed by atoms with E-state index in [2.05, 4.69) is 9.71 Å². The zero-order chi connectivity index (χ0) is 23.5. The van der Waals surface area contributed by atoms with Gasteiger partial charge in [0.05, 0.1) is 26.6 Å². The van der Waals surface area contributed by atoms with Crippen molar-refractivity contribution in [1.29, 1.82) is 0 Å². The molecular formula is C23H26N2O6S. The summed E-state index contributed by atoms with van der Waals surface area (Å²) in [5.41, 5.74) is 0.704. The van der Waals surface area contributed by atoms with E-state index in [4.69, 9.17) is 14.2 Å². The van der Waals surface area contributed by atoms with Crippen LogP contribution in [0, 0.1) is 0 Å². The van der Waals surface area contributed by atoms with Crippen LogP contribution in [0.2, 0.25) is 0 Å². The second-order valence-corrected chi connectivity index (χ2v) is 9.32. The second-order valence-electron chi connectivity index (χ2n) is 7.54. The Hall–Kier alpha value is -3.17. The number of methoxy groups -OCH3 is 2. The molecule has 0 amide bonds. The summed E-state index contributed by atoms with van der Waals surface area (Å²) in [5.74, 6) is 1.03. The molecule has 1 atom stereocenters. The third-order valence-corrected chi connectivity index (χ3v) is 5.35. The van der Waals surface area contributed by atoms with Gasteiger partial charge in [-0.2, -0.15) is 0 Å². The molecule has 1 unspecified atom stereocenters. The van der Waals surface area contributed by atoms with Gasteiger partial charge in [-0.1, -0.05) is 12.1 Å². The van der Waals surface area contributed by atoms with Crippen molar-refractivity contribution in [2.45, 2.75) is 26.0 Å². The molecule has 0 radical (unpaired) electrons. The fourth-order valence-electron chi connectivity index (χ4n) is 3.38. The Morgan fingerprint density at radius 1 is 1.03 bits per heavy atom. The van der Waals surface area contributed by atoms with Gasteiger partial charge in [-0.05, 0) is 43.5 Å². The predicted molar refractivity (Wildman–Crippen MR) is 122 cm³/mol. The molecule has 1 aromatic heterocycles. The summed E-state index contributed by atoms with van der Waals surface area (Å²) < 4.78 is 43.2. The number of pyridine rings is 1. The van der Waals surface area contributed by atoms with E-state index >= 15 is 0 Å². The molecule has 0 saturated heterocycles. The van der Waals surface area contributed by atoms with Crippen LogP contribution in [0.1, 0.15) is 35.8 Å². The summed E-state index contributed by atoms with van der Waals surface area (Å²) in [6.45, 7) is 3.76. The minimum absolute atomic E-state index is 0.0741. The van der Waals surface area contributed by atoms with Gasteiger partial charge in [0.1, 0.15) is 11.8 Å². The van der Waals surface area contributed by atoms with Gasteiger partial charge in [0.2, 0.25) is 10.0 Å². The molecule has 0 fully saturated rings. The molecule has 8 nitrogen and oxygen atoms in total. The first kappa shape index (κ1) is 23.5. The van der Waals surface area contributed by atoms with Crippen molar-refractivity contribution in [3.63, 3.8) is 0 Å². The first-order valence-electron chi connectivity index (χ1n) is 9.90. The van der Waals surface area contributed by atoms with Crippen LogP contribution < -0.4 is 18.9 Å². The molecule has 9 heteroatoms. The van der Waals surface area contributed by atoms with Crippen molar-refractivity contribution in [1.82, 2.24) is 9.71 Å². The highest BCUT2D eigenvalue weighted by Crippen LogP contribution is 2.36. The fraction of sp³-hybridized carbons (Fsp3) is 0.304. The number of nitrogens with zero attached hydrogens (tertiary/aromatic N) is 1. The molecule has 1 heterocycles. The molecule has 3 rings (SSSR count). The van der Waals surface area contributed by atoms with E-state index in [9.17, 15) is 13.2 Å². The predicted octanol–water partition coefficient (Wildman–Crippen LogP) is 3.51. The molecule has 1 N–H and O–H groups in total. The van der Waals surface area contributed by atoms with Crippen molar-refractivity contribution in [3.8, 4) is 17.2 Å². The average Bonchev–Trinajstić information content (AvgIpc) is 2.74. The number of rotatable bonds is 9. The highest BCUT2D eigenvalue weighted by atomic mass is 32.2. The maximum Gasteiger partial charge on any atom is 0.209 e. The van der Waals surface area contributed by atoms with Crippen molar-refractivity contribution < 1.29 is 27.4 Å². The Morgan fingerprint density at radius 2 is 1.72 bits per heavy atom. The van der Waals surface area contributed by atoms with Gasteiger partial charge in [0.15, 0.2) is 17.3 Å². The first-order chi connectivity index (χ1) is 15.1. The monoisotopic (exact) mass is 458 g/mol. The molecule has 0 bridgehead atoms. The summed E-state index contributed by atoms with van der Waals surface area (Å²) in [5, 5.41) is 1.28. The van der Waals surface area contributed by atoms with Gasteiger partial charge >= 0.3 is 0 Å². The molecule has 0 aliphatic heterocycles. The molecular weight excluding hydrogens is 432 g/mol. The van der Waals surface area contributed by atoms with Gasteiger partial charge in [0.25, 0.3) is 0 Å². The van der Waals surface area contributed by atoms with Gasteiger partial charge < -0.3 is 14.2 Å². The molecule has 0 aliphatic rings. The topological polar surface area (TPSA) is 104 Å². The molecule has 3 aromatic rings. The zero-order valence-corrected chi connectivity index (χ0v) is 19.4. The number of carbonyl (C=O) groups is 1. The number of ether oxygens (including phenoxy) is 3. The van der Waals surface area contributed by atoms with Gasteiger partial charge in [-0.15, -0.1) is 0 Å². The number of Topliss-reactive ketones (excluding diaryl/α,β-unsaturated/α-hetero) is 1. The largest absolute Gasteiger partial charge is 0.493 e. The number of aromatic nitrogens is 1. The summed E-state index contributed by atoms with van der Waals surface area (Å²) in [7, 11) is -0.716. The number of hydrogen-bond donors (Lipinski definition) is 1. The summed E-state index contributed by atoms with van der Waals surface area (Å²) >= 11 is 0. The van der Waals surface area contributed by atoms with E-state index in [1.807, 2.05) is 13.8 Å². The Morgan fingerprint density at radius 3 is 2.34 bits per heavy atom. The summed E-state index contributed by atoms with van der Waals surface area (Å²) in [4.78, 5) is 17.7. The number of sulfonamides is 1. The van der Waals surface area contributed by atoms with Gasteiger partial charge in [-0.25, -0.2) is 13.1 Å². The van der Waals surface area contributed by atoms with Crippen molar-refractivity contribution in [2.24, 2.45) is 0 Å². The standard InChI is InChI=1S/C23H26N2O6S/c1-14(2)31-17-8-6-7-15(9-17)23(26)22(25-32(5,27)28)19-13-24-12-16-10-20(29-3)21(30-4)11-18(16)19/h6-14,22,25H,1-5H3. The molecule has 2 aromatic carbocycles. The Bertz CT molecular complexity index is 1240. The number of benzene rings is 2. The molecule has 0 spiro atoms. The third-order valence-electron chi connectivity index (χ3n) is 4.69. The van der Waals surface area contributed by atoms with Crippen molar-refractivity contribution in [3.05, 3.63) is 59.9 Å². The van der Waals surface area contributed by atoms with E-state index in [-0.39, 0.29) is 6.10 Å². The van der Waals surface area contributed by atoms with Crippen LogP contribution in [-0.4, -0.2) is 45.8 Å². The highest BCUT2D eigenvalue weighted by molar-refractivity contribution is 7.88. The number of nitrogens with one attached hydrogen (secondary N) is 1. The minimum Gasteiger partial charge on any atom is -0.493 e. The normalized spacial score (nSPS) is 12.6. The van der Waals surface area contributed by atoms with E-state index < -0.39 is 21.8 Å². The average molecular weight is 459 g/mol. The summed E-state index contributed by atoms with van der Waals surface area (Å²) in [6.07, 6.45) is 4.02. The Kier molecular flexibility index (Phi) is 7.00. The quantitative estimate of drug-likeness (QED) is 0.489. The lowest BCUT2D eigenvalue weighted by atomic mass is 9.95. The summed E-state index contributed by atoms with van der Waals surface area (Å²) in [6, 6.07) is 8.88. The molecule has 32 heavy (non-hydrogen) atoms. The van der Waals surface area contributed by atoms with E-state index in [0.29, 0.717) is 39.1 Å². The highest BCUT2D eigenvalue weighted by Gasteiger charge is 2.28. The minimum atomic E-state index is -3.74. The molecule has 0 aliphatic carbocycles. The first-order valence-corrected chi connectivity index (χ1v) is 11.8. The Labute approximate surface area is 187 Å². The number of ketones is 1. The van der Waals surface area contributed by atoms with Crippen LogP contribution >= 0.6 is 0 Å². The number of hydrogen-bond acceptors (Lipinski definition) is 7. The van der Waals surface area contributed by atoms with Crippen LogP contribution in [0.5, 0.6) is 17.2 Å². The van der Waals surface area contributed by atoms with Gasteiger partial charge in [-0.3, -0.25) is 9.78 Å². The number of carbonyl (C=O) groups excluding carboxylic acids is 1. The lowest BCUT2D eigenvalue weighted by molar-refractivity contribution is 0.0953. The van der Waals surface area contributed by atoms with Crippen molar-refractivity contribution >= 4 is 26.6 Å². The van der Waals surface area contributed by atoms with E-state index in [0.717, 1.165) is 6.26 Å². The smallest absolute Gasteiger partial charge is 0.209 e. The van der Waals surface area contributed by atoms with Crippen LogP contribution in [0.25, 0.3) is 10.8 Å². The maximum atomic E-state index is 13.5. The van der Waals surface area contributed by atoms with Gasteiger partial charge in [0, 0.05) is 28.9 Å². The van der Waals surface area contributed by atoms with E-state index in [1.165, 1.54) is 20.4 Å². The second kappa shape index (κ2) is 9.54.